The lowest BCUT2D eigenvalue weighted by Crippen LogP contribution is -2.08. The Bertz CT molecular complexity index is 566. The molecule has 0 aliphatic heterocycles. The highest BCUT2D eigenvalue weighted by atomic mass is 127. The van der Waals surface area contributed by atoms with Crippen LogP contribution in [0.25, 0.3) is 10.8 Å². The molecular formula is C13H11IO3. The second-order valence-electron chi connectivity index (χ2n) is 3.91. The van der Waals surface area contributed by atoms with Gasteiger partial charge in [-0.05, 0) is 35.4 Å². The number of benzene rings is 2. The molecule has 1 unspecified atom stereocenters. The standard InChI is InChI=1S/C13H11IO3/c1-8(13(16)17-14)9-2-3-11-7-12(15)5-4-10(11)6-9/h2-8,15H,1H3. The van der Waals surface area contributed by atoms with Crippen molar-refractivity contribution < 1.29 is 13.0 Å². The number of aromatic hydroxyl groups is 1. The molecule has 1 N–H and O–H groups in total. The van der Waals surface area contributed by atoms with E-state index in [1.165, 1.54) is 0 Å². The van der Waals surface area contributed by atoms with Crippen LogP contribution in [0.4, 0.5) is 0 Å². The number of phenolic OH excluding ortho intramolecular Hbond substituents is 1. The van der Waals surface area contributed by atoms with Crippen LogP contribution in [0, 0.1) is 0 Å². The lowest BCUT2D eigenvalue weighted by molar-refractivity contribution is -0.132. The molecule has 0 heterocycles. The Balaban J connectivity index is 2.44. The van der Waals surface area contributed by atoms with E-state index in [4.69, 9.17) is 0 Å². The topological polar surface area (TPSA) is 46.5 Å². The van der Waals surface area contributed by atoms with Crippen LogP contribution in [0.15, 0.2) is 36.4 Å². The molecule has 0 fully saturated rings. The summed E-state index contributed by atoms with van der Waals surface area (Å²) in [6.07, 6.45) is 0. The molecule has 3 nitrogen and oxygen atoms in total. The van der Waals surface area contributed by atoms with Crippen molar-refractivity contribution in [1.82, 2.24) is 0 Å². The summed E-state index contributed by atoms with van der Waals surface area (Å²) in [6, 6.07) is 10.9. The Morgan fingerprint density at radius 1 is 1.24 bits per heavy atom. The van der Waals surface area contributed by atoms with Crippen molar-refractivity contribution in [1.29, 1.82) is 0 Å². The second-order valence-corrected chi connectivity index (χ2v) is 4.35. The van der Waals surface area contributed by atoms with Gasteiger partial charge in [0.2, 0.25) is 0 Å². The van der Waals surface area contributed by atoms with Crippen molar-refractivity contribution >= 4 is 39.7 Å². The quantitative estimate of drug-likeness (QED) is 0.850. The Kier molecular flexibility index (Phi) is 3.51. The van der Waals surface area contributed by atoms with Gasteiger partial charge in [0.15, 0.2) is 23.0 Å². The van der Waals surface area contributed by atoms with Crippen LogP contribution < -0.4 is 0 Å². The van der Waals surface area contributed by atoms with Crippen LogP contribution in [0.3, 0.4) is 0 Å². The molecule has 1 atom stereocenters. The first kappa shape index (κ1) is 12.2. The molecule has 0 aliphatic carbocycles. The van der Waals surface area contributed by atoms with Crippen molar-refractivity contribution in [2.45, 2.75) is 12.8 Å². The third-order valence-electron chi connectivity index (χ3n) is 2.78. The predicted octanol–water partition coefficient (Wildman–Crippen LogP) is 3.54. The Morgan fingerprint density at radius 2 is 1.88 bits per heavy atom. The van der Waals surface area contributed by atoms with E-state index in [2.05, 4.69) is 3.07 Å². The number of phenols is 1. The first-order valence-electron chi connectivity index (χ1n) is 5.17. The fraction of sp³-hybridized carbons (Fsp3) is 0.154. The van der Waals surface area contributed by atoms with Crippen LogP contribution in [0.1, 0.15) is 18.4 Å². The van der Waals surface area contributed by atoms with Gasteiger partial charge in [0.25, 0.3) is 0 Å². The number of rotatable bonds is 2. The van der Waals surface area contributed by atoms with Gasteiger partial charge in [-0.25, -0.2) is 0 Å². The fourth-order valence-electron chi connectivity index (χ4n) is 1.72. The first-order chi connectivity index (χ1) is 8.11. The zero-order valence-electron chi connectivity index (χ0n) is 9.18. The highest BCUT2D eigenvalue weighted by Crippen LogP contribution is 2.25. The maximum Gasteiger partial charge on any atom is 0.322 e. The van der Waals surface area contributed by atoms with Crippen molar-refractivity contribution in [2.75, 3.05) is 0 Å². The molecule has 2 aromatic rings. The number of carbonyl (C=O) groups is 1. The van der Waals surface area contributed by atoms with Gasteiger partial charge in [-0.2, -0.15) is 0 Å². The monoisotopic (exact) mass is 342 g/mol. The molecule has 0 bridgehead atoms. The van der Waals surface area contributed by atoms with E-state index in [9.17, 15) is 9.90 Å². The van der Waals surface area contributed by atoms with Crippen LogP contribution in [-0.4, -0.2) is 11.1 Å². The summed E-state index contributed by atoms with van der Waals surface area (Å²) in [5.41, 5.74) is 0.907. The van der Waals surface area contributed by atoms with Crippen molar-refractivity contribution in [3.8, 4) is 5.75 Å². The number of carbonyl (C=O) groups excluding carboxylic acids is 1. The van der Waals surface area contributed by atoms with E-state index in [0.717, 1.165) is 16.3 Å². The molecule has 0 amide bonds. The van der Waals surface area contributed by atoms with Crippen LogP contribution >= 0.6 is 23.0 Å². The van der Waals surface area contributed by atoms with Gasteiger partial charge in [-0.15, -0.1) is 0 Å². The molecule has 2 aromatic carbocycles. The summed E-state index contributed by atoms with van der Waals surface area (Å²) in [5.74, 6) is -0.307. The number of halogens is 1. The van der Waals surface area contributed by atoms with E-state index < -0.39 is 0 Å². The molecule has 0 aliphatic rings. The van der Waals surface area contributed by atoms with Crippen molar-refractivity contribution in [3.05, 3.63) is 42.0 Å². The Hall–Kier alpha value is -1.30. The molecule has 0 saturated heterocycles. The van der Waals surface area contributed by atoms with E-state index in [0.29, 0.717) is 0 Å². The van der Waals surface area contributed by atoms with E-state index in [1.54, 1.807) is 35.1 Å². The third-order valence-corrected chi connectivity index (χ3v) is 3.21. The van der Waals surface area contributed by atoms with E-state index >= 15 is 0 Å². The zero-order chi connectivity index (χ0) is 12.4. The fourth-order valence-corrected chi connectivity index (χ4v) is 2.11. The SMILES string of the molecule is CC(C(=O)OI)c1ccc2cc(O)ccc2c1. The number of fused-ring (bicyclic) bond motifs is 1. The van der Waals surface area contributed by atoms with E-state index in [1.807, 2.05) is 31.2 Å². The maximum absolute atomic E-state index is 11.4. The highest BCUT2D eigenvalue weighted by molar-refractivity contribution is 14.1. The highest BCUT2D eigenvalue weighted by Gasteiger charge is 2.16. The normalized spacial score (nSPS) is 12.4. The molecule has 88 valence electrons. The summed E-state index contributed by atoms with van der Waals surface area (Å²) in [5, 5.41) is 11.3. The summed E-state index contributed by atoms with van der Waals surface area (Å²) in [6.45, 7) is 1.81. The summed E-state index contributed by atoms with van der Waals surface area (Å²) < 4.78 is 4.69. The average molecular weight is 342 g/mol. The summed E-state index contributed by atoms with van der Waals surface area (Å²) in [7, 11) is 0. The molecule has 0 saturated carbocycles. The van der Waals surface area contributed by atoms with Crippen LogP contribution in [0.5, 0.6) is 5.75 Å². The van der Waals surface area contributed by atoms with Crippen LogP contribution in [-0.2, 0) is 7.86 Å². The van der Waals surface area contributed by atoms with Gasteiger partial charge < -0.3 is 8.17 Å². The smallest absolute Gasteiger partial charge is 0.322 e. The minimum Gasteiger partial charge on any atom is -0.508 e. The van der Waals surface area contributed by atoms with Crippen molar-refractivity contribution in [3.63, 3.8) is 0 Å². The van der Waals surface area contributed by atoms with Crippen LogP contribution in [0.2, 0.25) is 0 Å². The van der Waals surface area contributed by atoms with Crippen molar-refractivity contribution in [2.24, 2.45) is 0 Å². The number of hydrogen-bond donors (Lipinski definition) is 1. The van der Waals surface area contributed by atoms with Gasteiger partial charge in [-0.1, -0.05) is 24.3 Å². The largest absolute Gasteiger partial charge is 0.508 e. The Labute approximate surface area is 113 Å². The Morgan fingerprint density at radius 3 is 2.59 bits per heavy atom. The first-order valence-corrected chi connectivity index (χ1v) is 6.05. The second kappa shape index (κ2) is 4.91. The molecule has 2 rings (SSSR count). The minimum absolute atomic E-state index is 0.241. The lowest BCUT2D eigenvalue weighted by atomic mass is 9.98. The maximum atomic E-state index is 11.4. The average Bonchev–Trinajstić information content (AvgIpc) is 2.36. The lowest BCUT2D eigenvalue weighted by Gasteiger charge is -2.09. The summed E-state index contributed by atoms with van der Waals surface area (Å²) >= 11 is 1.60. The van der Waals surface area contributed by atoms with Gasteiger partial charge in [-0.3, -0.25) is 4.79 Å². The number of hydrogen-bond acceptors (Lipinski definition) is 3. The molecule has 0 spiro atoms. The molecule has 0 radical (unpaired) electrons. The summed E-state index contributed by atoms with van der Waals surface area (Å²) in [4.78, 5) is 11.4. The molecule has 4 heteroatoms. The van der Waals surface area contributed by atoms with Gasteiger partial charge in [0, 0.05) is 0 Å². The molecule has 17 heavy (non-hydrogen) atoms. The van der Waals surface area contributed by atoms with E-state index in [-0.39, 0.29) is 17.6 Å². The minimum atomic E-state index is -0.287. The third kappa shape index (κ3) is 2.52. The molecular weight excluding hydrogens is 331 g/mol. The molecule has 0 aromatic heterocycles. The van der Waals surface area contributed by atoms with Gasteiger partial charge >= 0.3 is 5.97 Å². The zero-order valence-corrected chi connectivity index (χ0v) is 11.3. The van der Waals surface area contributed by atoms with Gasteiger partial charge in [0.05, 0.1) is 5.92 Å². The van der Waals surface area contributed by atoms with Gasteiger partial charge in [0.1, 0.15) is 5.75 Å². The predicted molar refractivity (Wildman–Crippen MR) is 74.1 cm³/mol.